The van der Waals surface area contributed by atoms with Gasteiger partial charge in [-0.3, -0.25) is 9.36 Å². The molecule has 0 amide bonds. The Bertz CT molecular complexity index is 1090. The van der Waals surface area contributed by atoms with Crippen molar-refractivity contribution in [3.05, 3.63) is 59.0 Å². The Morgan fingerprint density at radius 1 is 1.07 bits per heavy atom. The molecule has 8 heteroatoms. The molecule has 6 nitrogen and oxygen atoms in total. The zero-order chi connectivity index (χ0) is 21.1. The molecule has 0 radical (unpaired) electrons. The number of alkyl halides is 2. The van der Waals surface area contributed by atoms with Crippen molar-refractivity contribution in [1.29, 1.82) is 0 Å². The van der Waals surface area contributed by atoms with Crippen LogP contribution in [0.15, 0.2) is 53.5 Å². The summed E-state index contributed by atoms with van der Waals surface area (Å²) in [5.74, 6) is 0.207. The second kappa shape index (κ2) is 8.61. The largest absolute Gasteiger partial charge is 0.507 e. The molecule has 1 aromatic carbocycles. The van der Waals surface area contributed by atoms with E-state index in [4.69, 9.17) is 4.74 Å². The minimum Gasteiger partial charge on any atom is -0.507 e. The number of phenols is 1. The molecule has 1 N–H and O–H groups in total. The van der Waals surface area contributed by atoms with Gasteiger partial charge in [0.25, 0.3) is 5.56 Å². The molecule has 0 unspecified atom stereocenters. The number of hydrogen-bond acceptors (Lipinski definition) is 5. The molecule has 1 saturated carbocycles. The summed E-state index contributed by atoms with van der Waals surface area (Å²) < 4.78 is 33.2. The number of hydrogen-bond donors (Lipinski definition) is 1. The Hall–Kier alpha value is -3.29. The lowest BCUT2D eigenvalue weighted by atomic mass is 9.96. The van der Waals surface area contributed by atoms with Crippen LogP contribution in [0.2, 0.25) is 0 Å². The van der Waals surface area contributed by atoms with Gasteiger partial charge in [0.15, 0.2) is 6.80 Å². The highest BCUT2D eigenvalue weighted by Crippen LogP contribution is 2.32. The molecule has 30 heavy (non-hydrogen) atoms. The lowest BCUT2D eigenvalue weighted by Gasteiger charge is -2.25. The topological polar surface area (TPSA) is 77.2 Å². The summed E-state index contributed by atoms with van der Waals surface area (Å²) in [4.78, 5) is 11.8. The van der Waals surface area contributed by atoms with Gasteiger partial charge in [0.05, 0.1) is 5.69 Å². The second-order valence-corrected chi connectivity index (χ2v) is 7.29. The number of ether oxygens (including phenoxy) is 1. The summed E-state index contributed by atoms with van der Waals surface area (Å²) >= 11 is 0. The van der Waals surface area contributed by atoms with E-state index < -0.39 is 24.6 Å². The third kappa shape index (κ3) is 4.17. The summed E-state index contributed by atoms with van der Waals surface area (Å²) in [7, 11) is 0. The summed E-state index contributed by atoms with van der Waals surface area (Å²) in [6, 6.07) is 11.1. The van der Waals surface area contributed by atoms with E-state index in [1.165, 1.54) is 18.3 Å². The van der Waals surface area contributed by atoms with E-state index in [9.17, 15) is 18.7 Å². The van der Waals surface area contributed by atoms with E-state index >= 15 is 0 Å². The van der Waals surface area contributed by atoms with Gasteiger partial charge >= 0.3 is 0 Å². The summed E-state index contributed by atoms with van der Waals surface area (Å²) in [5, 5.41) is 18.5. The van der Waals surface area contributed by atoms with E-state index in [-0.39, 0.29) is 11.6 Å². The van der Waals surface area contributed by atoms with Crippen LogP contribution in [-0.2, 0) is 6.80 Å². The van der Waals surface area contributed by atoms with Gasteiger partial charge in [-0.05, 0) is 54.7 Å². The van der Waals surface area contributed by atoms with Crippen molar-refractivity contribution in [1.82, 2.24) is 14.8 Å². The minimum absolute atomic E-state index is 0.0405. The highest BCUT2D eigenvalue weighted by atomic mass is 19.1. The Morgan fingerprint density at radius 3 is 2.53 bits per heavy atom. The van der Waals surface area contributed by atoms with Crippen molar-refractivity contribution in [2.45, 2.75) is 44.8 Å². The van der Waals surface area contributed by atoms with Crippen molar-refractivity contribution < 1.29 is 18.6 Å². The zero-order valence-corrected chi connectivity index (χ0v) is 16.2. The van der Waals surface area contributed by atoms with Crippen molar-refractivity contribution >= 4 is 0 Å². The second-order valence-electron chi connectivity index (χ2n) is 7.29. The molecule has 3 aromatic rings. The highest BCUT2D eigenvalue weighted by Gasteiger charge is 2.26. The van der Waals surface area contributed by atoms with E-state index in [0.717, 1.165) is 17.4 Å². The van der Waals surface area contributed by atoms with Crippen LogP contribution in [0, 0.1) is 0 Å². The lowest BCUT2D eigenvalue weighted by Crippen LogP contribution is -2.32. The number of aromatic nitrogens is 3. The average molecular weight is 413 g/mol. The van der Waals surface area contributed by atoms with Crippen molar-refractivity contribution in [2.75, 3.05) is 0 Å². The van der Waals surface area contributed by atoms with Crippen LogP contribution in [0.5, 0.6) is 11.6 Å². The van der Waals surface area contributed by atoms with Gasteiger partial charge < -0.3 is 9.84 Å². The fraction of sp³-hybridized carbons (Fsp3) is 0.318. The van der Waals surface area contributed by atoms with Crippen LogP contribution >= 0.6 is 0 Å². The Kier molecular flexibility index (Phi) is 5.74. The van der Waals surface area contributed by atoms with Gasteiger partial charge in [-0.25, -0.2) is 8.78 Å². The molecular formula is C22H21F2N3O3. The number of pyridine rings is 1. The van der Waals surface area contributed by atoms with Crippen molar-refractivity contribution in [2.24, 2.45) is 0 Å². The molecule has 1 aliphatic carbocycles. The summed E-state index contributed by atoms with van der Waals surface area (Å²) in [5.41, 5.74) is 1.59. The SMILES string of the molecule is O=c1cc(-c2ccc(-c3ccc(O[C@@H]4CCCC[C@@H]4F)nn3)c(O)c2)ccn1CF. The Labute approximate surface area is 171 Å². The fourth-order valence-electron chi connectivity index (χ4n) is 3.58. The maximum absolute atomic E-state index is 13.9. The van der Waals surface area contributed by atoms with Crippen LogP contribution in [-0.4, -0.2) is 32.1 Å². The number of phenolic OH excluding ortho intramolecular Hbond substituents is 1. The molecule has 2 aromatic heterocycles. The number of halogens is 2. The molecule has 156 valence electrons. The van der Waals surface area contributed by atoms with E-state index in [0.29, 0.717) is 35.2 Å². The molecule has 2 atom stereocenters. The molecule has 1 fully saturated rings. The van der Waals surface area contributed by atoms with Crippen LogP contribution in [0.4, 0.5) is 8.78 Å². The molecule has 0 aliphatic heterocycles. The first kappa shape index (κ1) is 20.0. The van der Waals surface area contributed by atoms with Crippen LogP contribution in [0.25, 0.3) is 22.4 Å². The fourth-order valence-corrected chi connectivity index (χ4v) is 3.58. The normalized spacial score (nSPS) is 18.9. The molecular weight excluding hydrogens is 392 g/mol. The molecule has 0 bridgehead atoms. The average Bonchev–Trinajstić information content (AvgIpc) is 2.76. The number of benzene rings is 1. The number of rotatable bonds is 5. The highest BCUT2D eigenvalue weighted by molar-refractivity contribution is 5.74. The monoisotopic (exact) mass is 413 g/mol. The molecule has 2 heterocycles. The van der Waals surface area contributed by atoms with E-state index in [2.05, 4.69) is 10.2 Å². The summed E-state index contributed by atoms with van der Waals surface area (Å²) in [6.07, 6.45) is 2.82. The van der Waals surface area contributed by atoms with E-state index in [1.807, 2.05) is 0 Å². The first-order chi connectivity index (χ1) is 14.5. The Morgan fingerprint density at radius 2 is 1.87 bits per heavy atom. The predicted octanol–water partition coefficient (Wildman–Crippen LogP) is 4.26. The lowest BCUT2D eigenvalue weighted by molar-refractivity contribution is 0.0594. The van der Waals surface area contributed by atoms with Gasteiger partial charge in [0, 0.05) is 23.9 Å². The first-order valence-corrected chi connectivity index (χ1v) is 9.80. The Balaban J connectivity index is 1.53. The van der Waals surface area contributed by atoms with Crippen LogP contribution in [0.1, 0.15) is 25.7 Å². The van der Waals surface area contributed by atoms with Gasteiger partial charge in [-0.15, -0.1) is 10.2 Å². The van der Waals surface area contributed by atoms with Gasteiger partial charge in [0.2, 0.25) is 5.88 Å². The molecule has 0 spiro atoms. The van der Waals surface area contributed by atoms with Gasteiger partial charge in [-0.2, -0.15) is 0 Å². The van der Waals surface area contributed by atoms with Crippen molar-refractivity contribution in [3.63, 3.8) is 0 Å². The predicted molar refractivity (Wildman–Crippen MR) is 108 cm³/mol. The van der Waals surface area contributed by atoms with Crippen molar-refractivity contribution in [3.8, 4) is 34.0 Å². The minimum atomic E-state index is -0.996. The maximum atomic E-state index is 13.9. The van der Waals surface area contributed by atoms with Crippen LogP contribution < -0.4 is 10.3 Å². The third-order valence-corrected chi connectivity index (χ3v) is 5.27. The zero-order valence-electron chi connectivity index (χ0n) is 16.2. The quantitative estimate of drug-likeness (QED) is 0.676. The van der Waals surface area contributed by atoms with E-state index in [1.54, 1.807) is 30.3 Å². The molecule has 0 saturated heterocycles. The van der Waals surface area contributed by atoms with Gasteiger partial charge in [0.1, 0.15) is 18.0 Å². The standard InChI is InChI=1S/C22H21F2N3O3/c23-13-27-10-9-15(12-22(27)29)14-5-6-16(19(28)11-14)18-7-8-21(26-25-18)30-20-4-2-1-3-17(20)24/h5-12,17,20,28H,1-4,13H2/t17-,20+/m0/s1. The number of aromatic hydroxyl groups is 1. The summed E-state index contributed by atoms with van der Waals surface area (Å²) in [6.45, 7) is -0.894. The first-order valence-electron chi connectivity index (χ1n) is 9.80. The molecule has 1 aliphatic rings. The van der Waals surface area contributed by atoms with Crippen LogP contribution in [0.3, 0.4) is 0 Å². The smallest absolute Gasteiger partial charge is 0.253 e. The molecule has 4 rings (SSSR count). The third-order valence-electron chi connectivity index (χ3n) is 5.27. The maximum Gasteiger partial charge on any atom is 0.253 e. The van der Waals surface area contributed by atoms with Gasteiger partial charge in [-0.1, -0.05) is 12.5 Å². The number of nitrogens with zero attached hydrogens (tertiary/aromatic N) is 3.